The van der Waals surface area contributed by atoms with Crippen molar-refractivity contribution in [3.63, 3.8) is 0 Å². The molecule has 0 saturated carbocycles. The van der Waals surface area contributed by atoms with Crippen LogP contribution in [0.4, 0.5) is 0 Å². The van der Waals surface area contributed by atoms with Crippen LogP contribution in [0.3, 0.4) is 0 Å². The van der Waals surface area contributed by atoms with Crippen molar-refractivity contribution in [1.82, 2.24) is 10.6 Å². The second kappa shape index (κ2) is 18.0. The molecule has 4 aliphatic heterocycles. The van der Waals surface area contributed by atoms with Crippen molar-refractivity contribution in [2.45, 2.75) is 137 Å². The molecule has 4 saturated heterocycles. The first-order chi connectivity index (χ1) is 24.1. The van der Waals surface area contributed by atoms with Crippen LogP contribution in [0.25, 0.3) is 0 Å². The van der Waals surface area contributed by atoms with Crippen LogP contribution in [-0.4, -0.2) is 222 Å². The molecule has 2 unspecified atom stereocenters. The van der Waals surface area contributed by atoms with E-state index in [4.69, 9.17) is 33.2 Å². The fourth-order valence-corrected chi connectivity index (χ4v) is 6.41. The number of aliphatic hydroxyl groups excluding tert-OH is 12. The van der Waals surface area contributed by atoms with E-state index >= 15 is 0 Å². The lowest BCUT2D eigenvalue weighted by atomic mass is 9.93. The summed E-state index contributed by atoms with van der Waals surface area (Å²) in [7, 11) is 0. The van der Waals surface area contributed by atoms with Gasteiger partial charge in [0.2, 0.25) is 11.8 Å². The molecule has 4 heterocycles. The predicted molar refractivity (Wildman–Crippen MR) is 157 cm³/mol. The van der Waals surface area contributed by atoms with Crippen LogP contribution in [0.1, 0.15) is 13.8 Å². The molecule has 23 heteroatoms. The van der Waals surface area contributed by atoms with Gasteiger partial charge in [-0.05, 0) is 0 Å². The molecule has 4 fully saturated rings. The van der Waals surface area contributed by atoms with Gasteiger partial charge in [-0.15, -0.1) is 0 Å². The molecule has 296 valence electrons. The number of nitrogens with one attached hydrogen (secondary N) is 2. The standard InChI is InChI=1S/C28H48N2O21/c1-7(35)29-13-22(16(38)10(4-32)45-25(13)43)49-24-20(42)21(12(6-34)46-26(24)44)50-27-14(30-8(2)36)23(17(39)11(5-33)47-27)51-28-19(41)18(40)15(37)9(3-31)48-28/h9-28,31-34,37-44H,3-6H2,1-2H3,(H,29,35)(H,30,36)/t9-,10-,11-,12-,13-,14-,15-,16-,17-,18+,19-,20+,21-,22-,23-,24-,25?,26?,27+,28+/m1/s1. The quantitative estimate of drug-likeness (QED) is 0.0881. The molecule has 0 aromatic heterocycles. The fourth-order valence-electron chi connectivity index (χ4n) is 6.41. The Bertz CT molecular complexity index is 1140. The first kappa shape index (κ1) is 41.9. The van der Waals surface area contributed by atoms with Crippen LogP contribution >= 0.6 is 0 Å². The maximum absolute atomic E-state index is 12.4. The zero-order valence-corrected chi connectivity index (χ0v) is 27.4. The molecule has 0 bridgehead atoms. The SMILES string of the molecule is CC(=O)N[C@H]1[C@H](O[C@H]2[C@H](O)[C@@H](O[C@H]3[C@H](O)[C@@H](CO)OC(O)[C@@H]3NC(C)=O)C(O)O[C@@H]2CO)O[C@H](CO)[C@@H](O)[C@@H]1O[C@@H]1O[C@H](CO)[C@@H](O)[C@H](O)[C@H]1O. The van der Waals surface area contributed by atoms with E-state index in [-0.39, 0.29) is 0 Å². The van der Waals surface area contributed by atoms with Crippen molar-refractivity contribution in [2.75, 3.05) is 26.4 Å². The molecule has 14 N–H and O–H groups in total. The van der Waals surface area contributed by atoms with Gasteiger partial charge < -0.3 is 105 Å². The highest BCUT2D eigenvalue weighted by atomic mass is 16.7. The number of carbonyl (C=O) groups is 2. The van der Waals surface area contributed by atoms with Gasteiger partial charge in [0.1, 0.15) is 97.5 Å². The zero-order valence-electron chi connectivity index (χ0n) is 27.4. The summed E-state index contributed by atoms with van der Waals surface area (Å²) in [5, 5.41) is 130. The summed E-state index contributed by atoms with van der Waals surface area (Å²) in [5.74, 6) is -1.47. The Balaban J connectivity index is 1.63. The summed E-state index contributed by atoms with van der Waals surface area (Å²) >= 11 is 0. The molecule has 4 rings (SSSR count). The smallest absolute Gasteiger partial charge is 0.217 e. The molecule has 0 radical (unpaired) electrons. The molecule has 0 aromatic rings. The number of ether oxygens (including phenoxy) is 7. The molecular formula is C28H48N2O21. The topological polar surface area (TPSA) is 366 Å². The number of rotatable bonds is 12. The van der Waals surface area contributed by atoms with Crippen LogP contribution in [0.15, 0.2) is 0 Å². The summed E-state index contributed by atoms with van der Waals surface area (Å²) < 4.78 is 39.2. The minimum atomic E-state index is -2.05. The third-order valence-electron chi connectivity index (χ3n) is 9.03. The molecule has 0 aromatic carbocycles. The maximum atomic E-state index is 12.4. The van der Waals surface area contributed by atoms with Gasteiger partial charge >= 0.3 is 0 Å². The van der Waals surface area contributed by atoms with Gasteiger partial charge in [-0.1, -0.05) is 0 Å². The third-order valence-corrected chi connectivity index (χ3v) is 9.03. The van der Waals surface area contributed by atoms with E-state index in [2.05, 4.69) is 10.6 Å². The summed E-state index contributed by atoms with van der Waals surface area (Å²) in [6.07, 6.45) is -31.8. The molecule has 20 atom stereocenters. The van der Waals surface area contributed by atoms with Crippen molar-refractivity contribution in [3.8, 4) is 0 Å². The Morgan fingerprint density at radius 3 is 1.47 bits per heavy atom. The minimum Gasteiger partial charge on any atom is -0.394 e. The first-order valence-corrected chi connectivity index (χ1v) is 16.1. The lowest BCUT2D eigenvalue weighted by molar-refractivity contribution is -0.370. The van der Waals surface area contributed by atoms with Gasteiger partial charge in [-0.25, -0.2) is 0 Å². The molecule has 51 heavy (non-hydrogen) atoms. The Morgan fingerprint density at radius 1 is 0.471 bits per heavy atom. The van der Waals surface area contributed by atoms with Gasteiger partial charge in [0, 0.05) is 13.8 Å². The summed E-state index contributed by atoms with van der Waals surface area (Å²) in [5.41, 5.74) is 0. The Kier molecular flexibility index (Phi) is 14.8. The summed E-state index contributed by atoms with van der Waals surface area (Å²) in [6, 6.07) is -3.11. The van der Waals surface area contributed by atoms with Crippen LogP contribution in [0.2, 0.25) is 0 Å². The van der Waals surface area contributed by atoms with E-state index in [1.807, 2.05) is 0 Å². The lowest BCUT2D eigenvalue weighted by Crippen LogP contribution is -2.70. The van der Waals surface area contributed by atoms with E-state index in [9.17, 15) is 70.9 Å². The predicted octanol–water partition coefficient (Wildman–Crippen LogP) is -9.46. The van der Waals surface area contributed by atoms with E-state index in [1.165, 1.54) is 0 Å². The number of aliphatic hydroxyl groups is 12. The Morgan fingerprint density at radius 2 is 0.922 bits per heavy atom. The molecule has 23 nitrogen and oxygen atoms in total. The first-order valence-electron chi connectivity index (χ1n) is 16.1. The molecule has 0 aliphatic carbocycles. The summed E-state index contributed by atoms with van der Waals surface area (Å²) in [4.78, 5) is 24.2. The van der Waals surface area contributed by atoms with Gasteiger partial charge in [-0.3, -0.25) is 9.59 Å². The van der Waals surface area contributed by atoms with Crippen molar-refractivity contribution >= 4 is 11.8 Å². The van der Waals surface area contributed by atoms with Crippen molar-refractivity contribution in [1.29, 1.82) is 0 Å². The van der Waals surface area contributed by atoms with Gasteiger partial charge in [0.15, 0.2) is 25.2 Å². The number of hydrogen-bond acceptors (Lipinski definition) is 21. The third kappa shape index (κ3) is 9.11. The largest absolute Gasteiger partial charge is 0.394 e. The minimum absolute atomic E-state index is 0.701. The highest BCUT2D eigenvalue weighted by molar-refractivity contribution is 5.73. The van der Waals surface area contributed by atoms with Crippen LogP contribution in [0.5, 0.6) is 0 Å². The van der Waals surface area contributed by atoms with E-state index in [1.54, 1.807) is 0 Å². The molecule has 4 aliphatic rings. The van der Waals surface area contributed by atoms with Gasteiger partial charge in [0.25, 0.3) is 0 Å². The molecular weight excluding hydrogens is 700 g/mol. The maximum Gasteiger partial charge on any atom is 0.217 e. The van der Waals surface area contributed by atoms with Gasteiger partial charge in [0.05, 0.1) is 26.4 Å². The van der Waals surface area contributed by atoms with Crippen LogP contribution in [-0.2, 0) is 42.7 Å². The van der Waals surface area contributed by atoms with Crippen molar-refractivity contribution < 1.29 is 104 Å². The van der Waals surface area contributed by atoms with Crippen LogP contribution in [0, 0.1) is 0 Å². The van der Waals surface area contributed by atoms with Gasteiger partial charge in [-0.2, -0.15) is 0 Å². The monoisotopic (exact) mass is 748 g/mol. The zero-order chi connectivity index (χ0) is 37.9. The second-order valence-electron chi connectivity index (χ2n) is 12.6. The van der Waals surface area contributed by atoms with Crippen LogP contribution < -0.4 is 10.6 Å². The average Bonchev–Trinajstić information content (AvgIpc) is 3.08. The molecule has 0 spiro atoms. The Hall–Kier alpha value is -1.82. The molecule has 2 amide bonds. The fraction of sp³-hybridized carbons (Fsp3) is 0.929. The van der Waals surface area contributed by atoms with E-state index in [0.717, 1.165) is 13.8 Å². The van der Waals surface area contributed by atoms with Crippen molar-refractivity contribution in [2.24, 2.45) is 0 Å². The highest BCUT2D eigenvalue weighted by Crippen LogP contribution is 2.34. The summed E-state index contributed by atoms with van der Waals surface area (Å²) in [6.45, 7) is -1.32. The number of carbonyl (C=O) groups excluding carboxylic acids is 2. The normalized spacial score (nSPS) is 47.8. The van der Waals surface area contributed by atoms with Crippen molar-refractivity contribution in [3.05, 3.63) is 0 Å². The number of hydrogen-bond donors (Lipinski definition) is 14. The second-order valence-corrected chi connectivity index (χ2v) is 12.6. The van der Waals surface area contributed by atoms with E-state index < -0.39 is 161 Å². The average molecular weight is 749 g/mol. The Labute approximate surface area is 289 Å². The highest BCUT2D eigenvalue weighted by Gasteiger charge is 2.56. The number of amides is 2. The lowest BCUT2D eigenvalue weighted by Gasteiger charge is -2.50. The van der Waals surface area contributed by atoms with E-state index in [0.29, 0.717) is 0 Å².